The van der Waals surface area contributed by atoms with E-state index in [0.717, 1.165) is 5.02 Å². The van der Waals surface area contributed by atoms with Gasteiger partial charge in [0.25, 0.3) is 0 Å². The Morgan fingerprint density at radius 2 is 1.82 bits per heavy atom. The fourth-order valence-electron chi connectivity index (χ4n) is 0.879. The molecule has 0 bridgehead atoms. The first kappa shape index (κ1) is 8.35. The van der Waals surface area contributed by atoms with Crippen LogP contribution >= 0.6 is 11.6 Å². The Kier molecular flexibility index (Phi) is 2.72. The van der Waals surface area contributed by atoms with Gasteiger partial charge in [-0.25, -0.2) is 0 Å². The second-order valence-corrected chi connectivity index (χ2v) is 2.92. The van der Waals surface area contributed by atoms with E-state index < -0.39 is 0 Å². The zero-order chi connectivity index (χ0) is 8.27. The maximum absolute atomic E-state index is 5.74. The fourth-order valence-corrected chi connectivity index (χ4v) is 1.01. The maximum atomic E-state index is 5.74. The molecule has 0 unspecified atom stereocenters. The Morgan fingerprint density at radius 1 is 1.27 bits per heavy atom. The van der Waals surface area contributed by atoms with E-state index in [9.17, 15) is 0 Å². The monoisotopic (exact) mass is 166 g/mol. The third-order valence-electron chi connectivity index (χ3n) is 1.73. The molecule has 1 aromatic rings. The van der Waals surface area contributed by atoms with Crippen molar-refractivity contribution in [2.24, 2.45) is 0 Å². The van der Waals surface area contributed by atoms with Gasteiger partial charge >= 0.3 is 0 Å². The van der Waals surface area contributed by atoms with E-state index in [-0.39, 0.29) is 0 Å². The van der Waals surface area contributed by atoms with Gasteiger partial charge in [-0.15, -0.1) is 0 Å². The Hall–Kier alpha value is -0.750. The molecule has 0 saturated heterocycles. The van der Waals surface area contributed by atoms with Gasteiger partial charge in [0.05, 0.1) is 0 Å². The lowest BCUT2D eigenvalue weighted by Gasteiger charge is -1.99. The molecule has 0 radical (unpaired) electrons. The molecule has 0 aliphatic rings. The molecule has 0 saturated carbocycles. The van der Waals surface area contributed by atoms with Gasteiger partial charge in [-0.3, -0.25) is 0 Å². The smallest absolute Gasteiger partial charge is 0.0406 e. The standard InChI is InChI=1S/C10H11Cl/c1-3-8(2)9-4-6-10(11)7-5-9/h3-7H,1-2H3. The third-order valence-corrected chi connectivity index (χ3v) is 1.98. The summed E-state index contributed by atoms with van der Waals surface area (Å²) in [7, 11) is 0. The molecule has 0 spiro atoms. The molecule has 0 aliphatic carbocycles. The molecule has 0 fully saturated rings. The molecule has 11 heavy (non-hydrogen) atoms. The molecule has 58 valence electrons. The van der Waals surface area contributed by atoms with Gasteiger partial charge in [0.2, 0.25) is 0 Å². The van der Waals surface area contributed by atoms with Crippen LogP contribution in [0.3, 0.4) is 0 Å². The third kappa shape index (κ3) is 2.09. The summed E-state index contributed by atoms with van der Waals surface area (Å²) in [5, 5.41) is 0.789. The highest BCUT2D eigenvalue weighted by Gasteiger charge is 1.92. The highest BCUT2D eigenvalue weighted by Crippen LogP contribution is 2.16. The average molecular weight is 167 g/mol. The summed E-state index contributed by atoms with van der Waals surface area (Å²) in [6.45, 7) is 4.12. The van der Waals surface area contributed by atoms with E-state index in [1.54, 1.807) is 0 Å². The van der Waals surface area contributed by atoms with Crippen molar-refractivity contribution in [3.05, 3.63) is 40.9 Å². The zero-order valence-electron chi connectivity index (χ0n) is 6.76. The van der Waals surface area contributed by atoms with Gasteiger partial charge in [-0.2, -0.15) is 0 Å². The fraction of sp³-hybridized carbons (Fsp3) is 0.200. The molecular weight excluding hydrogens is 156 g/mol. The van der Waals surface area contributed by atoms with Gasteiger partial charge < -0.3 is 0 Å². The molecule has 0 aliphatic heterocycles. The van der Waals surface area contributed by atoms with E-state index >= 15 is 0 Å². The first-order valence-corrected chi connectivity index (χ1v) is 4.00. The quantitative estimate of drug-likeness (QED) is 0.596. The molecule has 0 nitrogen and oxygen atoms in total. The van der Waals surface area contributed by atoms with Crippen LogP contribution in [0.4, 0.5) is 0 Å². The average Bonchev–Trinajstić information content (AvgIpc) is 2.05. The van der Waals surface area contributed by atoms with E-state index in [1.807, 2.05) is 31.2 Å². The highest BCUT2D eigenvalue weighted by atomic mass is 35.5. The van der Waals surface area contributed by atoms with Crippen molar-refractivity contribution < 1.29 is 0 Å². The van der Waals surface area contributed by atoms with E-state index in [4.69, 9.17) is 11.6 Å². The van der Waals surface area contributed by atoms with Gasteiger partial charge in [0, 0.05) is 5.02 Å². The lowest BCUT2D eigenvalue weighted by atomic mass is 10.1. The van der Waals surface area contributed by atoms with Crippen molar-refractivity contribution in [1.82, 2.24) is 0 Å². The molecule has 0 N–H and O–H groups in total. The maximum Gasteiger partial charge on any atom is 0.0406 e. The minimum atomic E-state index is 0.789. The van der Waals surface area contributed by atoms with Crippen LogP contribution in [0, 0.1) is 0 Å². The number of halogens is 1. The van der Waals surface area contributed by atoms with E-state index in [1.165, 1.54) is 11.1 Å². The minimum absolute atomic E-state index is 0.789. The summed E-state index contributed by atoms with van der Waals surface area (Å²) in [6.07, 6.45) is 2.09. The number of allylic oxidation sites excluding steroid dienone is 2. The van der Waals surface area contributed by atoms with Gasteiger partial charge in [0.15, 0.2) is 0 Å². The topological polar surface area (TPSA) is 0 Å². The van der Waals surface area contributed by atoms with Crippen LogP contribution in [0.15, 0.2) is 30.3 Å². The Balaban J connectivity index is 2.99. The van der Waals surface area contributed by atoms with E-state index in [0.29, 0.717) is 0 Å². The highest BCUT2D eigenvalue weighted by molar-refractivity contribution is 6.30. The van der Waals surface area contributed by atoms with Crippen molar-refractivity contribution >= 4 is 17.2 Å². The first-order chi connectivity index (χ1) is 5.24. The molecule has 0 heterocycles. The van der Waals surface area contributed by atoms with Gasteiger partial charge in [-0.1, -0.05) is 29.8 Å². The second kappa shape index (κ2) is 3.59. The van der Waals surface area contributed by atoms with Crippen LogP contribution < -0.4 is 0 Å². The number of hydrogen-bond acceptors (Lipinski definition) is 0. The van der Waals surface area contributed by atoms with Gasteiger partial charge in [-0.05, 0) is 37.1 Å². The SMILES string of the molecule is CC=C(C)c1ccc(Cl)cc1. The number of benzene rings is 1. The van der Waals surface area contributed by atoms with Crippen LogP contribution in [0.25, 0.3) is 5.57 Å². The molecule has 0 atom stereocenters. The normalized spacial score (nSPS) is 11.7. The van der Waals surface area contributed by atoms with E-state index in [2.05, 4.69) is 13.0 Å². The largest absolute Gasteiger partial charge is 0.0843 e. The molecular formula is C10H11Cl. The molecule has 0 amide bonds. The molecule has 0 aromatic heterocycles. The predicted octanol–water partition coefficient (Wildman–Crippen LogP) is 3.76. The summed E-state index contributed by atoms with van der Waals surface area (Å²) in [6, 6.07) is 7.86. The summed E-state index contributed by atoms with van der Waals surface area (Å²) in [4.78, 5) is 0. The first-order valence-electron chi connectivity index (χ1n) is 3.63. The lowest BCUT2D eigenvalue weighted by Crippen LogP contribution is -1.76. The predicted molar refractivity (Wildman–Crippen MR) is 50.8 cm³/mol. The summed E-state index contributed by atoms with van der Waals surface area (Å²) < 4.78 is 0. The van der Waals surface area contributed by atoms with Crippen LogP contribution in [-0.4, -0.2) is 0 Å². The molecule has 1 aromatic carbocycles. The summed E-state index contributed by atoms with van der Waals surface area (Å²) in [5.41, 5.74) is 2.51. The van der Waals surface area contributed by atoms with Crippen LogP contribution in [0.5, 0.6) is 0 Å². The summed E-state index contributed by atoms with van der Waals surface area (Å²) >= 11 is 5.74. The second-order valence-electron chi connectivity index (χ2n) is 2.48. The zero-order valence-corrected chi connectivity index (χ0v) is 7.52. The van der Waals surface area contributed by atoms with Gasteiger partial charge in [0.1, 0.15) is 0 Å². The van der Waals surface area contributed by atoms with Crippen LogP contribution in [0.2, 0.25) is 5.02 Å². The molecule has 1 heteroatoms. The lowest BCUT2D eigenvalue weighted by molar-refractivity contribution is 1.54. The van der Waals surface area contributed by atoms with Crippen LogP contribution in [-0.2, 0) is 0 Å². The number of hydrogen-bond donors (Lipinski definition) is 0. The molecule has 1 rings (SSSR count). The van der Waals surface area contributed by atoms with Crippen molar-refractivity contribution in [2.75, 3.05) is 0 Å². The van der Waals surface area contributed by atoms with Crippen molar-refractivity contribution in [3.8, 4) is 0 Å². The Labute approximate surface area is 72.5 Å². The summed E-state index contributed by atoms with van der Waals surface area (Å²) in [5.74, 6) is 0. The van der Waals surface area contributed by atoms with Crippen molar-refractivity contribution in [2.45, 2.75) is 13.8 Å². The van der Waals surface area contributed by atoms with Crippen LogP contribution in [0.1, 0.15) is 19.4 Å². The Bertz CT molecular complexity index is 257. The van der Waals surface area contributed by atoms with Crippen molar-refractivity contribution in [3.63, 3.8) is 0 Å². The Morgan fingerprint density at radius 3 is 2.27 bits per heavy atom. The minimum Gasteiger partial charge on any atom is -0.0843 e. The number of rotatable bonds is 1. The van der Waals surface area contributed by atoms with Crippen molar-refractivity contribution in [1.29, 1.82) is 0 Å².